The van der Waals surface area contributed by atoms with E-state index in [4.69, 9.17) is 0 Å². The molecule has 2 fully saturated rings. The summed E-state index contributed by atoms with van der Waals surface area (Å²) in [6.07, 6.45) is 4.31. The first kappa shape index (κ1) is 22.1. The van der Waals surface area contributed by atoms with Crippen molar-refractivity contribution in [1.82, 2.24) is 15.1 Å². The maximum Gasteiger partial charge on any atom is 0.254 e. The maximum atomic E-state index is 13.0. The van der Waals surface area contributed by atoms with Gasteiger partial charge in [0.2, 0.25) is 5.91 Å². The van der Waals surface area contributed by atoms with Gasteiger partial charge in [-0.2, -0.15) is 0 Å². The topological polar surface area (TPSA) is 52.7 Å². The highest BCUT2D eigenvalue weighted by molar-refractivity contribution is 8.00. The molecule has 1 aromatic rings. The van der Waals surface area contributed by atoms with Crippen LogP contribution >= 0.6 is 24.2 Å². The van der Waals surface area contributed by atoms with Crippen LogP contribution in [0.1, 0.15) is 36.0 Å². The summed E-state index contributed by atoms with van der Waals surface area (Å²) in [4.78, 5) is 30.1. The minimum Gasteiger partial charge on any atom is -0.342 e. The van der Waals surface area contributed by atoms with Crippen molar-refractivity contribution in [1.29, 1.82) is 0 Å². The van der Waals surface area contributed by atoms with E-state index in [1.807, 2.05) is 41.1 Å². The van der Waals surface area contributed by atoms with Gasteiger partial charge in [-0.3, -0.25) is 9.59 Å². The molecule has 0 aromatic heterocycles. The number of amides is 2. The summed E-state index contributed by atoms with van der Waals surface area (Å²) >= 11 is 1.49. The lowest BCUT2D eigenvalue weighted by molar-refractivity contribution is -0.127. The van der Waals surface area contributed by atoms with E-state index in [-0.39, 0.29) is 24.2 Å². The van der Waals surface area contributed by atoms with Crippen LogP contribution in [0, 0.1) is 5.92 Å². The monoisotopic (exact) mass is 411 g/mol. The molecule has 27 heavy (non-hydrogen) atoms. The Morgan fingerprint density at radius 2 is 1.74 bits per heavy atom. The Labute approximate surface area is 172 Å². The normalized spacial score (nSPS) is 17.7. The number of hydrogen-bond acceptors (Lipinski definition) is 4. The van der Waals surface area contributed by atoms with Crippen molar-refractivity contribution < 1.29 is 9.59 Å². The van der Waals surface area contributed by atoms with Crippen molar-refractivity contribution in [2.75, 3.05) is 45.5 Å². The predicted octanol–water partition coefficient (Wildman–Crippen LogP) is 2.89. The molecule has 2 amide bonds. The van der Waals surface area contributed by atoms with Crippen molar-refractivity contribution >= 4 is 36.0 Å². The second-order valence-electron chi connectivity index (χ2n) is 7.17. The molecule has 2 saturated heterocycles. The molecule has 1 N–H and O–H groups in total. The number of thioether (sulfide) groups is 1. The van der Waals surface area contributed by atoms with Gasteiger partial charge in [-0.15, -0.1) is 24.2 Å². The van der Waals surface area contributed by atoms with Gasteiger partial charge in [-0.05, 0) is 57.3 Å². The molecule has 2 aliphatic heterocycles. The van der Waals surface area contributed by atoms with Crippen LogP contribution in [0.15, 0.2) is 29.2 Å². The number of hydrogen-bond donors (Lipinski definition) is 1. The van der Waals surface area contributed by atoms with Crippen LogP contribution in [-0.4, -0.2) is 67.1 Å². The molecule has 2 heterocycles. The van der Waals surface area contributed by atoms with Gasteiger partial charge >= 0.3 is 0 Å². The average molecular weight is 412 g/mol. The van der Waals surface area contributed by atoms with Crippen molar-refractivity contribution in [2.45, 2.75) is 30.6 Å². The van der Waals surface area contributed by atoms with Crippen LogP contribution in [0.25, 0.3) is 0 Å². The number of benzene rings is 1. The van der Waals surface area contributed by atoms with Crippen molar-refractivity contribution in [3.63, 3.8) is 0 Å². The van der Waals surface area contributed by atoms with Gasteiger partial charge in [0.1, 0.15) is 0 Å². The van der Waals surface area contributed by atoms with Gasteiger partial charge < -0.3 is 15.1 Å². The van der Waals surface area contributed by atoms with Gasteiger partial charge in [0, 0.05) is 31.1 Å². The fourth-order valence-corrected chi connectivity index (χ4v) is 4.71. The number of rotatable bonds is 6. The molecular weight excluding hydrogens is 382 g/mol. The number of likely N-dealkylation sites (tertiary alicyclic amines) is 2. The summed E-state index contributed by atoms with van der Waals surface area (Å²) in [6.45, 7) is 4.41. The molecule has 0 radical (unpaired) electrons. The van der Waals surface area contributed by atoms with Gasteiger partial charge in [-0.1, -0.05) is 12.1 Å². The first-order valence-corrected chi connectivity index (χ1v) is 10.6. The van der Waals surface area contributed by atoms with Gasteiger partial charge in [0.15, 0.2) is 0 Å². The Bertz CT molecular complexity index is 629. The number of carbonyl (C=O) groups is 2. The number of halogens is 1. The third-order valence-electron chi connectivity index (χ3n) is 5.32. The van der Waals surface area contributed by atoms with Gasteiger partial charge in [0.25, 0.3) is 5.91 Å². The molecule has 0 spiro atoms. The minimum atomic E-state index is 0. The lowest BCUT2D eigenvalue weighted by Crippen LogP contribution is -2.40. The van der Waals surface area contributed by atoms with E-state index >= 15 is 0 Å². The van der Waals surface area contributed by atoms with Crippen LogP contribution in [0.2, 0.25) is 0 Å². The Morgan fingerprint density at radius 1 is 1.07 bits per heavy atom. The molecule has 0 bridgehead atoms. The molecule has 7 heteroatoms. The lowest BCUT2D eigenvalue weighted by atomic mass is 9.96. The predicted molar refractivity (Wildman–Crippen MR) is 113 cm³/mol. The summed E-state index contributed by atoms with van der Waals surface area (Å²) in [5.74, 6) is 1.35. The van der Waals surface area contributed by atoms with Crippen LogP contribution in [0.3, 0.4) is 0 Å². The second kappa shape index (κ2) is 10.9. The van der Waals surface area contributed by atoms with E-state index < -0.39 is 0 Å². The third kappa shape index (κ3) is 5.87. The molecule has 3 rings (SSSR count). The van der Waals surface area contributed by atoms with Gasteiger partial charge in [-0.25, -0.2) is 0 Å². The van der Waals surface area contributed by atoms with Crippen LogP contribution in [0.5, 0.6) is 0 Å². The molecule has 5 nitrogen and oxygen atoms in total. The summed E-state index contributed by atoms with van der Waals surface area (Å²) in [5, 5.41) is 3.23. The highest BCUT2D eigenvalue weighted by Gasteiger charge is 2.25. The second-order valence-corrected chi connectivity index (χ2v) is 8.18. The van der Waals surface area contributed by atoms with E-state index in [0.29, 0.717) is 11.7 Å². The van der Waals surface area contributed by atoms with E-state index in [2.05, 4.69) is 5.32 Å². The average Bonchev–Trinajstić information content (AvgIpc) is 3.22. The fourth-order valence-electron chi connectivity index (χ4n) is 3.77. The minimum absolute atomic E-state index is 0. The van der Waals surface area contributed by atoms with Crippen LogP contribution in [0.4, 0.5) is 0 Å². The zero-order valence-electron chi connectivity index (χ0n) is 16.0. The highest BCUT2D eigenvalue weighted by atomic mass is 35.5. The molecular formula is C20H30ClN3O2S. The smallest absolute Gasteiger partial charge is 0.254 e. The number of nitrogens with one attached hydrogen (secondary N) is 1. The molecule has 0 aliphatic carbocycles. The molecule has 0 saturated carbocycles. The van der Waals surface area contributed by atoms with Crippen LogP contribution in [-0.2, 0) is 4.79 Å². The maximum absolute atomic E-state index is 13.0. The number of carbonyl (C=O) groups excluding carboxylic acids is 2. The Hall–Kier alpha value is -1.24. The zero-order valence-corrected chi connectivity index (χ0v) is 17.6. The quantitative estimate of drug-likeness (QED) is 0.731. The summed E-state index contributed by atoms with van der Waals surface area (Å²) in [7, 11) is 1.98. The van der Waals surface area contributed by atoms with Crippen molar-refractivity contribution in [3.8, 4) is 0 Å². The third-order valence-corrected chi connectivity index (χ3v) is 6.38. The summed E-state index contributed by atoms with van der Waals surface area (Å²) in [5.41, 5.74) is 0.735. The first-order valence-electron chi connectivity index (χ1n) is 9.62. The molecule has 0 atom stereocenters. The Balaban J connectivity index is 0.00000261. The van der Waals surface area contributed by atoms with E-state index in [9.17, 15) is 9.59 Å². The van der Waals surface area contributed by atoms with Crippen molar-refractivity contribution in [2.24, 2.45) is 5.92 Å². The number of piperidine rings is 1. The number of nitrogens with zero attached hydrogens (tertiary/aromatic N) is 2. The lowest BCUT2D eigenvalue weighted by Gasteiger charge is -2.32. The van der Waals surface area contributed by atoms with Crippen molar-refractivity contribution in [3.05, 3.63) is 29.8 Å². The highest BCUT2D eigenvalue weighted by Crippen LogP contribution is 2.26. The van der Waals surface area contributed by atoms with Gasteiger partial charge in [0.05, 0.1) is 11.3 Å². The Kier molecular flexibility index (Phi) is 8.93. The fraction of sp³-hybridized carbons (Fsp3) is 0.600. The van der Waals surface area contributed by atoms with E-state index in [1.165, 1.54) is 11.8 Å². The van der Waals surface area contributed by atoms with Crippen LogP contribution < -0.4 is 5.32 Å². The standard InChI is InChI=1S/C20H29N3O2S.ClH/c1-21-14-16-8-12-23(13-9-16)20(25)17-6-2-3-7-18(17)26-15-19(24)22-10-4-5-11-22;/h2-3,6-7,16,21H,4-5,8-15H2,1H3;1H. The molecule has 150 valence electrons. The molecule has 2 aliphatic rings. The SMILES string of the molecule is CNCC1CCN(C(=O)c2ccccc2SCC(=O)N2CCCC2)CC1.Cl. The molecule has 0 unspecified atom stereocenters. The Morgan fingerprint density at radius 3 is 2.41 bits per heavy atom. The van der Waals surface area contributed by atoms with E-state index in [1.54, 1.807) is 0 Å². The molecule has 1 aromatic carbocycles. The first-order chi connectivity index (χ1) is 12.7. The van der Waals surface area contributed by atoms with E-state index in [0.717, 1.165) is 68.9 Å². The summed E-state index contributed by atoms with van der Waals surface area (Å²) < 4.78 is 0. The zero-order chi connectivity index (χ0) is 18.4. The largest absolute Gasteiger partial charge is 0.342 e. The summed E-state index contributed by atoms with van der Waals surface area (Å²) in [6, 6.07) is 7.71.